The Morgan fingerprint density at radius 1 is 0.900 bits per heavy atom. The van der Waals surface area contributed by atoms with Crippen LogP contribution in [0.1, 0.15) is 42.7 Å². The molecule has 40 heavy (non-hydrogen) atoms. The minimum absolute atomic E-state index is 0.0654. The minimum Gasteiger partial charge on any atom is -0.507 e. The fourth-order valence-electron chi connectivity index (χ4n) is 5.55. The number of amides is 1. The molecule has 1 aliphatic rings. The summed E-state index contributed by atoms with van der Waals surface area (Å²) in [6.45, 7) is 1.21. The Morgan fingerprint density at radius 3 is 2.40 bits per heavy atom. The van der Waals surface area contributed by atoms with E-state index in [1.54, 1.807) is 53.4 Å². The first-order chi connectivity index (χ1) is 19.4. The van der Waals surface area contributed by atoms with E-state index in [4.69, 9.17) is 8.83 Å². The van der Waals surface area contributed by atoms with Crippen molar-refractivity contribution in [3.05, 3.63) is 105 Å². The van der Waals surface area contributed by atoms with Crippen molar-refractivity contribution in [2.45, 2.75) is 31.6 Å². The number of hydrogen-bond donors (Lipinski definition) is 2. The van der Waals surface area contributed by atoms with Crippen LogP contribution in [0.5, 0.6) is 11.5 Å². The highest BCUT2D eigenvalue weighted by molar-refractivity contribution is 5.91. The Kier molecular flexibility index (Phi) is 6.59. The van der Waals surface area contributed by atoms with Gasteiger partial charge in [0.05, 0.1) is 11.6 Å². The maximum atomic E-state index is 13.8. The normalized spacial score (nSPS) is 14.4. The van der Waals surface area contributed by atoms with Crippen molar-refractivity contribution in [3.63, 3.8) is 0 Å². The monoisotopic (exact) mass is 537 g/mol. The first kappa shape index (κ1) is 25.4. The largest absolute Gasteiger partial charge is 0.507 e. The number of fused-ring (bicyclic) bond motifs is 2. The molecule has 2 aromatic heterocycles. The maximum absolute atomic E-state index is 13.8. The van der Waals surface area contributed by atoms with E-state index >= 15 is 0 Å². The van der Waals surface area contributed by atoms with Gasteiger partial charge in [0, 0.05) is 54.3 Å². The number of likely N-dealkylation sites (tertiary alicyclic amines) is 1. The predicted octanol–water partition coefficient (Wildman–Crippen LogP) is 5.51. The number of carbonyl (C=O) groups excluding carboxylic acids is 1. The van der Waals surface area contributed by atoms with Crippen molar-refractivity contribution in [2.75, 3.05) is 13.1 Å². The molecule has 0 aliphatic carbocycles. The molecular weight excluding hydrogens is 510 g/mol. The van der Waals surface area contributed by atoms with Crippen molar-refractivity contribution in [2.24, 2.45) is 0 Å². The van der Waals surface area contributed by atoms with Gasteiger partial charge in [-0.2, -0.15) is 0 Å². The van der Waals surface area contributed by atoms with Crippen molar-refractivity contribution < 1.29 is 23.8 Å². The first-order valence-electron chi connectivity index (χ1n) is 13.3. The van der Waals surface area contributed by atoms with Gasteiger partial charge in [-0.1, -0.05) is 42.5 Å². The van der Waals surface area contributed by atoms with Gasteiger partial charge in [0.25, 0.3) is 0 Å². The highest BCUT2D eigenvalue weighted by Gasteiger charge is 2.32. The summed E-state index contributed by atoms with van der Waals surface area (Å²) in [5.41, 5.74) is 0.227. The fraction of sp³-hybridized carbons (Fsp3) is 0.219. The molecule has 3 heterocycles. The third-order valence-electron chi connectivity index (χ3n) is 7.57. The van der Waals surface area contributed by atoms with Gasteiger partial charge in [0.2, 0.25) is 5.91 Å². The van der Waals surface area contributed by atoms with Crippen LogP contribution in [0.3, 0.4) is 0 Å². The van der Waals surface area contributed by atoms with Crippen molar-refractivity contribution >= 4 is 27.8 Å². The lowest BCUT2D eigenvalue weighted by molar-refractivity contribution is -0.132. The number of piperidine rings is 1. The predicted molar refractivity (Wildman–Crippen MR) is 151 cm³/mol. The summed E-state index contributed by atoms with van der Waals surface area (Å²) in [6, 6.07) is 18.0. The average Bonchev–Trinajstić information content (AvgIpc) is 2.97. The molecular formula is C32H27NO7. The van der Waals surface area contributed by atoms with Crippen LogP contribution in [0.15, 0.2) is 91.4 Å². The fourth-order valence-corrected chi connectivity index (χ4v) is 5.55. The van der Waals surface area contributed by atoms with Crippen molar-refractivity contribution in [3.8, 4) is 22.8 Å². The first-order valence-corrected chi connectivity index (χ1v) is 13.3. The van der Waals surface area contributed by atoms with Crippen LogP contribution in [0.4, 0.5) is 0 Å². The molecule has 1 atom stereocenters. The lowest BCUT2D eigenvalue weighted by Crippen LogP contribution is -2.36. The number of aromatic hydroxyl groups is 2. The van der Waals surface area contributed by atoms with Gasteiger partial charge in [-0.15, -0.1) is 0 Å². The summed E-state index contributed by atoms with van der Waals surface area (Å²) in [5.74, 6) is -1.86. The molecule has 1 fully saturated rings. The van der Waals surface area contributed by atoms with Crippen molar-refractivity contribution in [1.29, 1.82) is 0 Å². The molecule has 1 saturated heterocycles. The number of phenols is 2. The van der Waals surface area contributed by atoms with Crippen LogP contribution in [0, 0.1) is 0 Å². The number of rotatable bonds is 5. The minimum atomic E-state index is -1.02. The number of phenolic OH excluding ortho intramolecular Hbond substituents is 2. The molecule has 5 aromatic rings. The van der Waals surface area contributed by atoms with E-state index in [0.717, 1.165) is 25.3 Å². The zero-order chi connectivity index (χ0) is 27.8. The van der Waals surface area contributed by atoms with Gasteiger partial charge in [0.1, 0.15) is 33.8 Å². The van der Waals surface area contributed by atoms with Gasteiger partial charge in [-0.05, 0) is 31.4 Å². The molecule has 0 bridgehead atoms. The molecule has 0 spiro atoms. The van der Waals surface area contributed by atoms with E-state index in [1.807, 2.05) is 6.07 Å². The number of benzene rings is 3. The van der Waals surface area contributed by atoms with Crippen molar-refractivity contribution in [1.82, 2.24) is 4.90 Å². The maximum Gasteiger partial charge on any atom is 0.223 e. The molecule has 1 amide bonds. The summed E-state index contributed by atoms with van der Waals surface area (Å²) in [5, 5.41) is 22.1. The summed E-state index contributed by atoms with van der Waals surface area (Å²) in [4.78, 5) is 42.4. The zero-order valence-electron chi connectivity index (χ0n) is 21.6. The quantitative estimate of drug-likeness (QED) is 0.303. The second-order valence-electron chi connectivity index (χ2n) is 10.1. The number of nitrogens with zero attached hydrogens (tertiary/aromatic N) is 1. The van der Waals surface area contributed by atoms with E-state index < -0.39 is 22.8 Å². The zero-order valence-corrected chi connectivity index (χ0v) is 21.6. The Hall–Kier alpha value is -4.85. The van der Waals surface area contributed by atoms with E-state index in [2.05, 4.69) is 0 Å². The summed E-state index contributed by atoms with van der Waals surface area (Å²) < 4.78 is 12.0. The summed E-state index contributed by atoms with van der Waals surface area (Å²) in [7, 11) is 0. The van der Waals surface area contributed by atoms with Gasteiger partial charge in [-0.25, -0.2) is 0 Å². The third-order valence-corrected chi connectivity index (χ3v) is 7.57. The second-order valence-corrected chi connectivity index (χ2v) is 10.1. The van der Waals surface area contributed by atoms with Crippen LogP contribution in [-0.4, -0.2) is 34.1 Å². The number of carbonyl (C=O) groups is 1. The van der Waals surface area contributed by atoms with E-state index in [9.17, 15) is 24.6 Å². The molecule has 1 aliphatic heterocycles. The Balaban J connectivity index is 1.61. The molecule has 6 rings (SSSR count). The van der Waals surface area contributed by atoms with Crippen LogP contribution < -0.4 is 10.9 Å². The molecule has 8 heteroatoms. The average molecular weight is 538 g/mol. The lowest BCUT2D eigenvalue weighted by Gasteiger charge is -2.29. The molecule has 8 nitrogen and oxygen atoms in total. The second kappa shape index (κ2) is 10.4. The number of para-hydroxylation sites is 1. The molecule has 0 saturated carbocycles. The Morgan fingerprint density at radius 2 is 1.62 bits per heavy atom. The highest BCUT2D eigenvalue weighted by Crippen LogP contribution is 2.42. The van der Waals surface area contributed by atoms with Gasteiger partial charge >= 0.3 is 0 Å². The lowest BCUT2D eigenvalue weighted by atomic mass is 9.86. The van der Waals surface area contributed by atoms with Crippen LogP contribution >= 0.6 is 0 Å². The van der Waals surface area contributed by atoms with Gasteiger partial charge in [0.15, 0.2) is 10.9 Å². The van der Waals surface area contributed by atoms with Gasteiger partial charge in [-0.3, -0.25) is 14.4 Å². The van der Waals surface area contributed by atoms with Crippen LogP contribution in [-0.2, 0) is 4.79 Å². The smallest absolute Gasteiger partial charge is 0.223 e. The summed E-state index contributed by atoms with van der Waals surface area (Å²) >= 11 is 0. The standard InChI is InChI=1S/C32H27NO7/c34-23-16-24(35)30-25(36)17-27(19-9-3-1-4-10-19)40-32(30)29(23)21(15-28(37)33-13-7-2-8-14-33)22-18-39-26-12-6-5-11-20(26)31(22)38/h1,3-6,9-12,16-18,21,34-35H,2,7-8,13-15H2/t21-/m0/s1. The van der Waals surface area contributed by atoms with E-state index in [1.165, 1.54) is 12.3 Å². The van der Waals surface area contributed by atoms with E-state index in [-0.39, 0.29) is 45.6 Å². The summed E-state index contributed by atoms with van der Waals surface area (Å²) in [6.07, 6.45) is 3.94. The molecule has 0 radical (unpaired) electrons. The molecule has 0 unspecified atom stereocenters. The highest BCUT2D eigenvalue weighted by atomic mass is 16.3. The van der Waals surface area contributed by atoms with Crippen LogP contribution in [0.25, 0.3) is 33.3 Å². The molecule has 2 N–H and O–H groups in total. The molecule has 202 valence electrons. The van der Waals surface area contributed by atoms with Crippen LogP contribution in [0.2, 0.25) is 0 Å². The molecule has 3 aromatic carbocycles. The Bertz CT molecular complexity index is 1850. The number of hydrogen-bond acceptors (Lipinski definition) is 7. The SMILES string of the molecule is O=C(C[C@@H](c1coc2ccccc2c1=O)c1c(O)cc(O)c2c(=O)cc(-c3ccccc3)oc12)N1CCCCC1. The third kappa shape index (κ3) is 4.51. The Labute approximate surface area is 228 Å². The van der Waals surface area contributed by atoms with Gasteiger partial charge < -0.3 is 23.9 Å². The van der Waals surface area contributed by atoms with E-state index in [0.29, 0.717) is 29.6 Å². The topological polar surface area (TPSA) is 121 Å².